The van der Waals surface area contributed by atoms with Crippen molar-refractivity contribution in [3.8, 4) is 0 Å². The van der Waals surface area contributed by atoms with Crippen LogP contribution in [0.1, 0.15) is 25.7 Å². The molecular formula is C14H19F5N2O3. The zero-order chi connectivity index (χ0) is 18.1. The number of carbonyl (C=O) groups excluding carboxylic acids is 1. The second kappa shape index (κ2) is 6.72. The smallest absolute Gasteiger partial charge is 0.394 e. The normalized spacial score (nSPS) is 30.2. The summed E-state index contributed by atoms with van der Waals surface area (Å²) in [6, 6.07) is -0.845. The molecule has 1 saturated heterocycles. The van der Waals surface area contributed by atoms with Gasteiger partial charge in [0.15, 0.2) is 0 Å². The van der Waals surface area contributed by atoms with Gasteiger partial charge in [-0.3, -0.25) is 4.79 Å². The largest absolute Gasteiger partial charge is 0.481 e. The molecule has 1 aliphatic heterocycles. The summed E-state index contributed by atoms with van der Waals surface area (Å²) in [6.45, 7) is -1.35. The molecular weight excluding hydrogens is 339 g/mol. The molecule has 2 N–H and O–H groups in total. The fourth-order valence-corrected chi connectivity index (χ4v) is 3.35. The van der Waals surface area contributed by atoms with Crippen molar-refractivity contribution in [3.63, 3.8) is 0 Å². The topological polar surface area (TPSA) is 69.6 Å². The lowest BCUT2D eigenvalue weighted by Gasteiger charge is -2.29. The third kappa shape index (κ3) is 4.47. The predicted molar refractivity (Wildman–Crippen MR) is 72.5 cm³/mol. The van der Waals surface area contributed by atoms with Crippen LogP contribution >= 0.6 is 0 Å². The summed E-state index contributed by atoms with van der Waals surface area (Å²) < 4.78 is 65.2. The zero-order valence-corrected chi connectivity index (χ0v) is 12.8. The van der Waals surface area contributed by atoms with Crippen molar-refractivity contribution in [2.45, 2.75) is 37.8 Å². The Hall–Kier alpha value is -1.61. The number of rotatable bonds is 3. The highest BCUT2D eigenvalue weighted by Gasteiger charge is 2.53. The molecule has 2 aliphatic rings. The lowest BCUT2D eigenvalue weighted by atomic mass is 9.86. The highest BCUT2D eigenvalue weighted by molar-refractivity contribution is 5.77. The predicted octanol–water partition coefficient (Wildman–Crippen LogP) is 2.72. The number of carbonyl (C=O) groups is 2. The average Bonchev–Trinajstić information content (AvgIpc) is 2.89. The number of amides is 2. The summed E-state index contributed by atoms with van der Waals surface area (Å²) in [4.78, 5) is 23.7. The van der Waals surface area contributed by atoms with E-state index in [0.29, 0.717) is 12.8 Å². The van der Waals surface area contributed by atoms with Crippen molar-refractivity contribution in [2.24, 2.45) is 17.8 Å². The fraction of sp³-hybridized carbons (Fsp3) is 0.857. The monoisotopic (exact) mass is 358 g/mol. The Labute approximate surface area is 135 Å². The molecule has 1 aliphatic carbocycles. The zero-order valence-electron chi connectivity index (χ0n) is 12.8. The molecule has 138 valence electrons. The molecule has 1 heterocycles. The van der Waals surface area contributed by atoms with E-state index in [9.17, 15) is 31.5 Å². The number of nitrogens with zero attached hydrogens (tertiary/aromatic N) is 1. The van der Waals surface area contributed by atoms with Gasteiger partial charge in [0, 0.05) is 32.5 Å². The van der Waals surface area contributed by atoms with Gasteiger partial charge >= 0.3 is 18.2 Å². The number of hydrogen-bond donors (Lipinski definition) is 2. The molecule has 3 atom stereocenters. The molecule has 0 aromatic carbocycles. The number of nitrogens with one attached hydrogen (secondary N) is 1. The van der Waals surface area contributed by atoms with Gasteiger partial charge in [0.2, 0.25) is 5.92 Å². The first kappa shape index (κ1) is 18.7. The van der Waals surface area contributed by atoms with E-state index in [4.69, 9.17) is 5.11 Å². The standard InChI is InChI=1S/C14H19F5N2O3/c15-13(16)3-1-2-8(4-13)5-20-12(24)21-6-9(11(22)23)10(7-21)14(17,18)19/h8-10H,1-7H2,(H,20,24)(H,22,23)/t8?,9-,10-/m1/s1. The van der Waals surface area contributed by atoms with Crippen molar-refractivity contribution < 1.29 is 36.6 Å². The Morgan fingerprint density at radius 2 is 1.92 bits per heavy atom. The minimum atomic E-state index is -4.72. The van der Waals surface area contributed by atoms with Crippen LogP contribution in [0.25, 0.3) is 0 Å². The summed E-state index contributed by atoms with van der Waals surface area (Å²) in [7, 11) is 0. The second-order valence-electron chi connectivity index (χ2n) is 6.50. The highest BCUT2D eigenvalue weighted by Crippen LogP contribution is 2.38. The number of carboxylic acid groups (broad SMARTS) is 1. The van der Waals surface area contributed by atoms with Crippen LogP contribution in [0.3, 0.4) is 0 Å². The van der Waals surface area contributed by atoms with Crippen molar-refractivity contribution >= 4 is 12.0 Å². The van der Waals surface area contributed by atoms with Crippen LogP contribution < -0.4 is 5.32 Å². The summed E-state index contributed by atoms with van der Waals surface area (Å²) >= 11 is 0. The van der Waals surface area contributed by atoms with E-state index in [0.717, 1.165) is 4.90 Å². The summed E-state index contributed by atoms with van der Waals surface area (Å²) in [6.07, 6.45) is -4.44. The molecule has 0 radical (unpaired) electrons. The number of aliphatic carboxylic acids is 1. The van der Waals surface area contributed by atoms with Gasteiger partial charge in [-0.1, -0.05) is 0 Å². The van der Waals surface area contributed by atoms with E-state index in [1.54, 1.807) is 0 Å². The van der Waals surface area contributed by atoms with Crippen LogP contribution in [0.2, 0.25) is 0 Å². The van der Waals surface area contributed by atoms with Crippen molar-refractivity contribution in [1.82, 2.24) is 10.2 Å². The van der Waals surface area contributed by atoms with Crippen LogP contribution in [0.4, 0.5) is 26.7 Å². The van der Waals surface area contributed by atoms with Gasteiger partial charge in [0.1, 0.15) is 0 Å². The molecule has 0 spiro atoms. The minimum absolute atomic E-state index is 0.0562. The van der Waals surface area contributed by atoms with E-state index in [1.807, 2.05) is 0 Å². The first-order valence-electron chi connectivity index (χ1n) is 7.70. The van der Waals surface area contributed by atoms with Crippen LogP contribution in [0.15, 0.2) is 0 Å². The van der Waals surface area contributed by atoms with E-state index < -0.39 is 54.9 Å². The number of carboxylic acids is 1. The molecule has 5 nitrogen and oxygen atoms in total. The lowest BCUT2D eigenvalue weighted by Crippen LogP contribution is -2.42. The molecule has 1 unspecified atom stereocenters. The van der Waals surface area contributed by atoms with Gasteiger partial charge in [-0.05, 0) is 18.8 Å². The molecule has 0 bridgehead atoms. The molecule has 24 heavy (non-hydrogen) atoms. The van der Waals surface area contributed by atoms with E-state index in [2.05, 4.69) is 5.32 Å². The number of hydrogen-bond acceptors (Lipinski definition) is 2. The summed E-state index contributed by atoms with van der Waals surface area (Å²) in [5.74, 6) is -8.67. The van der Waals surface area contributed by atoms with E-state index >= 15 is 0 Å². The maximum Gasteiger partial charge on any atom is 0.394 e. The molecule has 0 aromatic heterocycles. The molecule has 0 aromatic rings. The van der Waals surface area contributed by atoms with Gasteiger partial charge < -0.3 is 15.3 Å². The third-order valence-corrected chi connectivity index (χ3v) is 4.63. The Morgan fingerprint density at radius 3 is 2.42 bits per heavy atom. The first-order valence-corrected chi connectivity index (χ1v) is 7.70. The van der Waals surface area contributed by atoms with Crippen LogP contribution in [-0.2, 0) is 4.79 Å². The van der Waals surface area contributed by atoms with Gasteiger partial charge in [-0.2, -0.15) is 13.2 Å². The first-order chi connectivity index (χ1) is 11.0. The van der Waals surface area contributed by atoms with Crippen LogP contribution in [0, 0.1) is 17.8 Å². The SMILES string of the molecule is O=C(O)[C@@H]1CN(C(=O)NCC2CCCC(F)(F)C2)C[C@H]1C(F)(F)F. The highest BCUT2D eigenvalue weighted by atomic mass is 19.4. The molecule has 2 amide bonds. The second-order valence-corrected chi connectivity index (χ2v) is 6.50. The average molecular weight is 358 g/mol. The lowest BCUT2D eigenvalue weighted by molar-refractivity contribution is -0.187. The Kier molecular flexibility index (Phi) is 5.24. The van der Waals surface area contributed by atoms with Crippen LogP contribution in [-0.4, -0.2) is 53.7 Å². The summed E-state index contributed by atoms with van der Waals surface area (Å²) in [5.41, 5.74) is 0. The maximum absolute atomic E-state index is 13.3. The Bertz CT molecular complexity index is 497. The van der Waals surface area contributed by atoms with Gasteiger partial charge in [0.25, 0.3) is 0 Å². The minimum Gasteiger partial charge on any atom is -0.481 e. The Morgan fingerprint density at radius 1 is 1.25 bits per heavy atom. The van der Waals surface area contributed by atoms with Crippen LogP contribution in [0.5, 0.6) is 0 Å². The third-order valence-electron chi connectivity index (χ3n) is 4.63. The van der Waals surface area contributed by atoms with Crippen molar-refractivity contribution in [1.29, 1.82) is 0 Å². The van der Waals surface area contributed by atoms with Gasteiger partial charge in [0.05, 0.1) is 11.8 Å². The number of urea groups is 1. The van der Waals surface area contributed by atoms with Gasteiger partial charge in [-0.15, -0.1) is 0 Å². The molecule has 10 heteroatoms. The van der Waals surface area contributed by atoms with Crippen molar-refractivity contribution in [2.75, 3.05) is 19.6 Å². The number of halogens is 5. The fourth-order valence-electron chi connectivity index (χ4n) is 3.35. The molecule has 2 fully saturated rings. The quantitative estimate of drug-likeness (QED) is 0.762. The molecule has 2 rings (SSSR count). The summed E-state index contributed by atoms with van der Waals surface area (Å²) in [5, 5.41) is 11.3. The number of alkyl halides is 5. The number of likely N-dealkylation sites (tertiary alicyclic amines) is 1. The molecule has 1 saturated carbocycles. The van der Waals surface area contributed by atoms with E-state index in [1.165, 1.54) is 0 Å². The Balaban J connectivity index is 1.90. The van der Waals surface area contributed by atoms with E-state index in [-0.39, 0.29) is 19.4 Å². The maximum atomic E-state index is 13.3. The van der Waals surface area contributed by atoms with Crippen molar-refractivity contribution in [3.05, 3.63) is 0 Å². The van der Waals surface area contributed by atoms with Gasteiger partial charge in [-0.25, -0.2) is 13.6 Å².